The van der Waals surface area contributed by atoms with Crippen molar-refractivity contribution < 1.29 is 9.32 Å². The van der Waals surface area contributed by atoms with Crippen LogP contribution in [-0.4, -0.2) is 25.8 Å². The van der Waals surface area contributed by atoms with E-state index in [0.717, 1.165) is 0 Å². The summed E-state index contributed by atoms with van der Waals surface area (Å²) in [7, 11) is 1.65. The Kier molecular flexibility index (Phi) is 4.08. The minimum Gasteiger partial charge on any atom is -0.339 e. The number of hydrogen-bond acceptors (Lipinski definition) is 5. The molecule has 1 amide bonds. The average Bonchev–Trinajstić information content (AvgIpc) is 2.96. The highest BCUT2D eigenvalue weighted by Crippen LogP contribution is 2.17. The highest BCUT2D eigenvalue weighted by molar-refractivity contribution is 6.33. The second-order valence-corrected chi connectivity index (χ2v) is 5.21. The molecule has 0 bridgehead atoms. The summed E-state index contributed by atoms with van der Waals surface area (Å²) in [6.45, 7) is 5.69. The van der Waals surface area contributed by atoms with Gasteiger partial charge in [0.1, 0.15) is 11.7 Å². The third kappa shape index (κ3) is 2.82. The lowest BCUT2D eigenvalue weighted by molar-refractivity contribution is 0.0923. The van der Waals surface area contributed by atoms with Crippen LogP contribution in [0.2, 0.25) is 5.02 Å². The fourth-order valence-corrected chi connectivity index (χ4v) is 1.90. The van der Waals surface area contributed by atoms with E-state index in [2.05, 4.69) is 20.6 Å². The lowest BCUT2D eigenvalue weighted by Gasteiger charge is -2.10. The van der Waals surface area contributed by atoms with Crippen molar-refractivity contribution in [1.82, 2.24) is 25.2 Å². The monoisotopic (exact) mass is 297 g/mol. The molecule has 20 heavy (non-hydrogen) atoms. The third-order valence-corrected chi connectivity index (χ3v) is 3.08. The Morgan fingerprint density at radius 2 is 2.15 bits per heavy atom. The fourth-order valence-electron chi connectivity index (χ4n) is 1.65. The number of carbonyl (C=O) groups is 1. The van der Waals surface area contributed by atoms with E-state index in [1.165, 1.54) is 10.9 Å². The molecule has 1 N–H and O–H groups in total. The van der Waals surface area contributed by atoms with Crippen molar-refractivity contribution in [3.63, 3.8) is 0 Å². The van der Waals surface area contributed by atoms with Crippen molar-refractivity contribution in [2.45, 2.75) is 32.7 Å². The zero-order chi connectivity index (χ0) is 14.9. The molecule has 2 heterocycles. The summed E-state index contributed by atoms with van der Waals surface area (Å²) in [6.07, 6.45) is 1.42. The maximum Gasteiger partial charge on any atom is 0.271 e. The van der Waals surface area contributed by atoms with Gasteiger partial charge in [-0.15, -0.1) is 0 Å². The van der Waals surface area contributed by atoms with E-state index < -0.39 is 6.04 Å². The van der Waals surface area contributed by atoms with Crippen LogP contribution in [0.15, 0.2) is 10.7 Å². The number of halogens is 1. The van der Waals surface area contributed by atoms with Crippen LogP contribution in [0.3, 0.4) is 0 Å². The van der Waals surface area contributed by atoms with E-state index >= 15 is 0 Å². The van der Waals surface area contributed by atoms with E-state index in [9.17, 15) is 4.79 Å². The summed E-state index contributed by atoms with van der Waals surface area (Å²) >= 11 is 5.92. The van der Waals surface area contributed by atoms with Crippen molar-refractivity contribution in [2.75, 3.05) is 0 Å². The summed E-state index contributed by atoms with van der Waals surface area (Å²) in [6, 6.07) is -0.409. The molecule has 2 aromatic rings. The second-order valence-electron chi connectivity index (χ2n) is 4.81. The maximum atomic E-state index is 12.1. The first-order chi connectivity index (χ1) is 9.40. The summed E-state index contributed by atoms with van der Waals surface area (Å²) in [5.74, 6) is 0.800. The molecule has 0 saturated carbocycles. The van der Waals surface area contributed by atoms with Crippen LogP contribution in [0.4, 0.5) is 0 Å². The van der Waals surface area contributed by atoms with E-state index in [1.54, 1.807) is 14.0 Å². The topological polar surface area (TPSA) is 85.8 Å². The molecule has 108 valence electrons. The number of amides is 1. The normalized spacial score (nSPS) is 12.7. The van der Waals surface area contributed by atoms with Gasteiger partial charge in [-0.3, -0.25) is 9.48 Å². The molecule has 0 aliphatic carbocycles. The Balaban J connectivity index is 2.11. The molecular formula is C12H16ClN5O2. The Labute approximate surface area is 121 Å². The summed E-state index contributed by atoms with van der Waals surface area (Å²) < 4.78 is 6.55. The molecule has 2 rings (SSSR count). The van der Waals surface area contributed by atoms with Gasteiger partial charge in [0.2, 0.25) is 5.89 Å². The molecule has 2 aromatic heterocycles. The smallest absolute Gasteiger partial charge is 0.271 e. The lowest BCUT2D eigenvalue weighted by atomic mass is 10.2. The number of nitrogens with one attached hydrogen (secondary N) is 1. The van der Waals surface area contributed by atoms with Gasteiger partial charge in [0.25, 0.3) is 5.91 Å². The number of hydrogen-bond donors (Lipinski definition) is 1. The predicted molar refractivity (Wildman–Crippen MR) is 72.5 cm³/mol. The highest BCUT2D eigenvalue weighted by Gasteiger charge is 2.21. The van der Waals surface area contributed by atoms with Crippen molar-refractivity contribution >= 4 is 17.5 Å². The SMILES string of the molecule is CC(C)c1noc([C@H](C)NC(=O)c2c(Cl)cnn2C)n1. The minimum absolute atomic E-state index is 0.168. The first-order valence-electron chi connectivity index (χ1n) is 6.22. The number of nitrogens with zero attached hydrogens (tertiary/aromatic N) is 4. The third-order valence-electron chi connectivity index (χ3n) is 2.80. The van der Waals surface area contributed by atoms with Gasteiger partial charge in [0, 0.05) is 13.0 Å². The van der Waals surface area contributed by atoms with Crippen LogP contribution in [0.5, 0.6) is 0 Å². The number of aryl methyl sites for hydroxylation is 1. The average molecular weight is 298 g/mol. The molecule has 0 aromatic carbocycles. The van der Waals surface area contributed by atoms with Crippen molar-refractivity contribution in [1.29, 1.82) is 0 Å². The van der Waals surface area contributed by atoms with Gasteiger partial charge in [-0.25, -0.2) is 0 Å². The molecule has 0 unspecified atom stereocenters. The Morgan fingerprint density at radius 1 is 1.45 bits per heavy atom. The molecule has 0 saturated heterocycles. The van der Waals surface area contributed by atoms with Gasteiger partial charge >= 0.3 is 0 Å². The van der Waals surface area contributed by atoms with Crippen molar-refractivity contribution in [3.8, 4) is 0 Å². The first-order valence-corrected chi connectivity index (χ1v) is 6.59. The van der Waals surface area contributed by atoms with Crippen molar-refractivity contribution in [3.05, 3.63) is 28.6 Å². The maximum absolute atomic E-state index is 12.1. The first kappa shape index (κ1) is 14.5. The van der Waals surface area contributed by atoms with Gasteiger partial charge < -0.3 is 9.84 Å². The zero-order valence-electron chi connectivity index (χ0n) is 11.7. The highest BCUT2D eigenvalue weighted by atomic mass is 35.5. The van der Waals surface area contributed by atoms with Crippen LogP contribution >= 0.6 is 11.6 Å². The van der Waals surface area contributed by atoms with E-state index in [-0.39, 0.29) is 11.8 Å². The van der Waals surface area contributed by atoms with Crippen LogP contribution in [-0.2, 0) is 7.05 Å². The van der Waals surface area contributed by atoms with Crippen LogP contribution in [0, 0.1) is 0 Å². The Hall–Kier alpha value is -1.89. The molecular weight excluding hydrogens is 282 g/mol. The molecule has 0 radical (unpaired) electrons. The van der Waals surface area contributed by atoms with E-state index in [4.69, 9.17) is 16.1 Å². The Morgan fingerprint density at radius 3 is 2.65 bits per heavy atom. The molecule has 1 atom stereocenters. The summed E-state index contributed by atoms with van der Waals surface area (Å²) in [4.78, 5) is 16.4. The van der Waals surface area contributed by atoms with Gasteiger partial charge in [0.15, 0.2) is 5.82 Å². The van der Waals surface area contributed by atoms with Crippen molar-refractivity contribution in [2.24, 2.45) is 7.05 Å². The van der Waals surface area contributed by atoms with E-state index in [0.29, 0.717) is 22.4 Å². The molecule has 0 aliphatic heterocycles. The fraction of sp³-hybridized carbons (Fsp3) is 0.500. The summed E-state index contributed by atoms with van der Waals surface area (Å²) in [5, 5.41) is 10.8. The van der Waals surface area contributed by atoms with Gasteiger partial charge in [-0.1, -0.05) is 30.6 Å². The lowest BCUT2D eigenvalue weighted by Crippen LogP contribution is -2.29. The largest absolute Gasteiger partial charge is 0.339 e. The van der Waals surface area contributed by atoms with E-state index in [1.807, 2.05) is 13.8 Å². The molecule has 7 nitrogen and oxygen atoms in total. The molecule has 0 fully saturated rings. The number of rotatable bonds is 4. The van der Waals surface area contributed by atoms with Crippen LogP contribution < -0.4 is 5.32 Å². The predicted octanol–water partition coefficient (Wildman–Crippen LogP) is 2.07. The molecule has 0 aliphatic rings. The van der Waals surface area contributed by atoms with Gasteiger partial charge in [0.05, 0.1) is 11.2 Å². The summed E-state index contributed by atoms with van der Waals surface area (Å²) in [5.41, 5.74) is 0.294. The minimum atomic E-state index is -0.409. The molecule has 0 spiro atoms. The standard InChI is InChI=1S/C12H16ClN5O2/c1-6(2)10-16-12(20-17-10)7(3)15-11(19)9-8(13)5-14-18(9)4/h5-7H,1-4H3,(H,15,19)/t7-/m0/s1. The van der Waals surface area contributed by atoms with Crippen LogP contribution in [0.25, 0.3) is 0 Å². The zero-order valence-corrected chi connectivity index (χ0v) is 12.5. The van der Waals surface area contributed by atoms with Crippen LogP contribution in [0.1, 0.15) is 54.9 Å². The van der Waals surface area contributed by atoms with Gasteiger partial charge in [-0.05, 0) is 6.92 Å². The Bertz CT molecular complexity index is 600. The quantitative estimate of drug-likeness (QED) is 0.933. The molecule has 8 heteroatoms. The second kappa shape index (κ2) is 5.62. The van der Waals surface area contributed by atoms with Gasteiger partial charge in [-0.2, -0.15) is 10.1 Å². The number of aromatic nitrogens is 4. The number of carbonyl (C=O) groups excluding carboxylic acids is 1.